The van der Waals surface area contributed by atoms with Crippen molar-refractivity contribution in [3.8, 4) is 17.4 Å². The first-order valence-electron chi connectivity index (χ1n) is 23.9. The molecule has 4 amide bonds. The van der Waals surface area contributed by atoms with Gasteiger partial charge in [0.2, 0.25) is 17.7 Å². The number of pyridine rings is 1. The van der Waals surface area contributed by atoms with Crippen molar-refractivity contribution in [3.63, 3.8) is 0 Å². The van der Waals surface area contributed by atoms with E-state index in [0.29, 0.717) is 47.5 Å². The number of benzene rings is 2. The zero-order valence-electron chi connectivity index (χ0n) is 40.5. The number of para-hydroxylation sites is 1. The number of hydrogen-bond donors (Lipinski definition) is 3. The predicted molar refractivity (Wildman–Crippen MR) is 256 cm³/mol. The summed E-state index contributed by atoms with van der Waals surface area (Å²) in [5, 5.41) is 16.9. The van der Waals surface area contributed by atoms with E-state index in [2.05, 4.69) is 15.6 Å². The Morgan fingerprint density at radius 2 is 1.63 bits per heavy atom. The Morgan fingerprint density at radius 3 is 2.20 bits per heavy atom. The van der Waals surface area contributed by atoms with Crippen LogP contribution in [0, 0.1) is 21.4 Å². The Morgan fingerprint density at radius 1 is 0.972 bits per heavy atom. The summed E-state index contributed by atoms with van der Waals surface area (Å²) in [5.74, 6) is -1.61. The summed E-state index contributed by atoms with van der Waals surface area (Å²) in [6.07, 6.45) is 4.50. The molecule has 8 rings (SSSR count). The van der Waals surface area contributed by atoms with Crippen LogP contribution in [0.3, 0.4) is 0 Å². The van der Waals surface area contributed by atoms with Gasteiger partial charge >= 0.3 is 22.6 Å². The predicted octanol–water partition coefficient (Wildman–Crippen LogP) is 7.21. The number of halogens is 1. The fourth-order valence-electron chi connectivity index (χ4n) is 8.38. The molecule has 1 saturated heterocycles. The molecule has 5 fully saturated rings. The molecule has 4 saturated carbocycles. The summed E-state index contributed by atoms with van der Waals surface area (Å²) in [6, 6.07) is 9.85. The second-order valence-electron chi connectivity index (χ2n) is 19.9. The van der Waals surface area contributed by atoms with Crippen LogP contribution in [0.15, 0.2) is 48.5 Å². The first-order valence-corrected chi connectivity index (χ1v) is 25.7. The summed E-state index contributed by atoms with van der Waals surface area (Å²) in [4.78, 5) is 82.6. The topological polar surface area (TPSA) is 270 Å². The van der Waals surface area contributed by atoms with Crippen molar-refractivity contribution in [2.45, 2.75) is 154 Å². The number of nitrogens with one attached hydrogen (secondary N) is 3. The minimum absolute atomic E-state index is 0.00353. The number of rotatable bonds is 17. The molecule has 386 valence electrons. The molecule has 71 heavy (non-hydrogen) atoms. The summed E-state index contributed by atoms with van der Waals surface area (Å²) in [5.41, 5.74) is -2.82. The summed E-state index contributed by atoms with van der Waals surface area (Å²) >= 11 is 6.50. The van der Waals surface area contributed by atoms with E-state index in [1.165, 1.54) is 29.2 Å². The molecule has 2 heterocycles. The molecule has 21 nitrogen and oxygen atoms in total. The highest BCUT2D eigenvalue weighted by Crippen LogP contribution is 2.47. The van der Waals surface area contributed by atoms with Crippen LogP contribution in [0.4, 0.5) is 15.3 Å². The average molecular weight is 1030 g/mol. The Kier molecular flexibility index (Phi) is 15.9. The fraction of sp³-hybridized carbons (Fsp3) is 0.583. The van der Waals surface area contributed by atoms with Gasteiger partial charge in [0.25, 0.3) is 11.6 Å². The van der Waals surface area contributed by atoms with Gasteiger partial charge in [-0.25, -0.2) is 23.5 Å². The lowest BCUT2D eigenvalue weighted by molar-refractivity contribution is -0.384. The number of carbonyl (C=O) groups excluding carboxylic acids is 5. The van der Waals surface area contributed by atoms with Crippen molar-refractivity contribution in [2.75, 3.05) is 13.2 Å². The van der Waals surface area contributed by atoms with Crippen LogP contribution in [0.25, 0.3) is 10.9 Å². The Bertz CT molecular complexity index is 2620. The molecule has 0 radical (unpaired) electrons. The first kappa shape index (κ1) is 52.8. The summed E-state index contributed by atoms with van der Waals surface area (Å²) < 4.78 is 60.4. The van der Waals surface area contributed by atoms with Gasteiger partial charge in [-0.15, -0.1) is 0 Å². The smallest absolute Gasteiger partial charge is 0.488 e. The average Bonchev–Trinajstić information content (AvgIpc) is 4.14. The van der Waals surface area contributed by atoms with Crippen LogP contribution >= 0.6 is 11.6 Å². The molecule has 1 aromatic heterocycles. The third-order valence-corrected chi connectivity index (χ3v) is 14.6. The van der Waals surface area contributed by atoms with Crippen molar-refractivity contribution in [1.29, 1.82) is 0 Å². The van der Waals surface area contributed by atoms with Crippen molar-refractivity contribution < 1.29 is 65.2 Å². The van der Waals surface area contributed by atoms with Gasteiger partial charge in [-0.3, -0.25) is 24.5 Å². The maximum atomic E-state index is 14.6. The summed E-state index contributed by atoms with van der Waals surface area (Å²) in [6.45, 7) is 10.9. The third-order valence-electron chi connectivity index (χ3n) is 13.3. The number of likely N-dealkylation sites (tertiary alicyclic amines) is 1. The standard InChI is InChI=1S/C37H50ClN5O10S.C11H11NO5/c1-7-21-19-37(21,33(46)42-54(48,49)53-36(6)15-16-36)41-31(44)26-17-23(51-27-18-28(50-8-2)39-29-24(27)13-10-14-25(29)38)20-43(26)32(45)30(35(3,4)5)40-34(47)52-22-11-9-12-22;13-11(16-9-2-1-3-9)17-10-6-4-8(5-7-10)12(14)15/h10,13-14,18,21-23,26,30H,7-9,11-12,15-17,19-20H2,1-6H3,(H,40,47)(H,41,44)(H,42,46);4-7,9H,1-3H2/t21-,23-,26+,30-,37-;/m1./s1. The van der Waals surface area contributed by atoms with Gasteiger partial charge in [-0.1, -0.05) is 51.8 Å². The Balaban J connectivity index is 0.000000366. The normalized spacial score (nSPS) is 22.7. The number of nitro benzene ring substituents is 1. The van der Waals surface area contributed by atoms with Crippen LogP contribution in [-0.2, 0) is 38.3 Å². The fourth-order valence-corrected chi connectivity index (χ4v) is 9.75. The zero-order valence-corrected chi connectivity index (χ0v) is 42.1. The van der Waals surface area contributed by atoms with Crippen molar-refractivity contribution in [2.24, 2.45) is 11.3 Å². The number of nitrogens with zero attached hydrogens (tertiary/aromatic N) is 3. The molecule has 5 atom stereocenters. The third kappa shape index (κ3) is 13.1. The molecule has 4 aliphatic carbocycles. The zero-order chi connectivity index (χ0) is 51.5. The summed E-state index contributed by atoms with van der Waals surface area (Å²) in [7, 11) is -4.46. The number of aromatic nitrogens is 1. The van der Waals surface area contributed by atoms with Crippen LogP contribution in [-0.4, -0.2) is 108 Å². The highest BCUT2D eigenvalue weighted by Gasteiger charge is 2.62. The molecular weight excluding hydrogens is 968 g/mol. The number of ether oxygens (including phenoxy) is 5. The molecule has 5 aliphatic rings. The van der Waals surface area contributed by atoms with Crippen molar-refractivity contribution in [1.82, 2.24) is 25.2 Å². The lowest BCUT2D eigenvalue weighted by atomic mass is 9.85. The number of nitro groups is 1. The highest BCUT2D eigenvalue weighted by molar-refractivity contribution is 7.85. The van der Waals surface area contributed by atoms with E-state index in [1.807, 2.05) is 18.6 Å². The molecule has 3 aromatic rings. The monoisotopic (exact) mass is 1030 g/mol. The molecule has 0 unspecified atom stereocenters. The van der Waals surface area contributed by atoms with Gasteiger partial charge in [-0.05, 0) is 107 Å². The van der Waals surface area contributed by atoms with Gasteiger partial charge in [0, 0.05) is 30.0 Å². The van der Waals surface area contributed by atoms with E-state index < -0.39 is 79.9 Å². The van der Waals surface area contributed by atoms with E-state index in [0.717, 1.165) is 38.5 Å². The van der Waals surface area contributed by atoms with E-state index in [1.54, 1.807) is 52.0 Å². The number of non-ortho nitro benzene ring substituents is 1. The number of alkyl carbamates (subject to hydrolysis) is 1. The van der Waals surface area contributed by atoms with E-state index in [4.69, 9.17) is 39.5 Å². The Hall–Kier alpha value is -6.00. The maximum absolute atomic E-state index is 14.6. The Labute approximate surface area is 416 Å². The quantitative estimate of drug-likeness (QED) is 0.0522. The van der Waals surface area contributed by atoms with Crippen LogP contribution < -0.4 is 29.6 Å². The number of carbonyl (C=O) groups is 5. The lowest BCUT2D eigenvalue weighted by Crippen LogP contribution is -2.60. The molecule has 0 spiro atoms. The second kappa shape index (κ2) is 21.4. The maximum Gasteiger partial charge on any atom is 0.514 e. The van der Waals surface area contributed by atoms with Crippen LogP contribution in [0.5, 0.6) is 17.4 Å². The van der Waals surface area contributed by atoms with Crippen LogP contribution in [0.2, 0.25) is 5.02 Å². The van der Waals surface area contributed by atoms with Crippen molar-refractivity contribution >= 4 is 68.5 Å². The SMILES string of the molecule is CCOc1cc(O[C@@H]2C[C@@H](C(=O)N[C@]3(C(=O)NS(=O)(=O)OC4(C)CC4)C[C@H]3CC)N(C(=O)[C@@H](NC(=O)OC3CCC3)C(C)(C)C)C2)c2cccc(Cl)c2n1.O=C(Oc1ccc([N+](=O)[O-])cc1)OC1CCC1. The largest absolute Gasteiger partial charge is 0.514 e. The molecule has 23 heteroatoms. The van der Waals surface area contributed by atoms with Crippen LogP contribution in [0.1, 0.15) is 112 Å². The molecule has 3 N–H and O–H groups in total. The van der Waals surface area contributed by atoms with E-state index in [-0.39, 0.29) is 54.8 Å². The lowest BCUT2D eigenvalue weighted by Gasteiger charge is -2.36. The van der Waals surface area contributed by atoms with Gasteiger partial charge < -0.3 is 39.2 Å². The van der Waals surface area contributed by atoms with E-state index in [9.17, 15) is 42.5 Å². The number of fused-ring (bicyclic) bond motifs is 1. The highest BCUT2D eigenvalue weighted by atomic mass is 35.5. The van der Waals surface area contributed by atoms with Gasteiger partial charge in [0.05, 0.1) is 34.2 Å². The number of amides is 4. The second-order valence-corrected chi connectivity index (χ2v) is 21.6. The first-order chi connectivity index (χ1) is 33.5. The van der Waals surface area contributed by atoms with Gasteiger partial charge in [0.1, 0.15) is 47.4 Å². The molecule has 0 bridgehead atoms. The minimum Gasteiger partial charge on any atom is -0.488 e. The molecule has 1 aliphatic heterocycles. The van der Waals surface area contributed by atoms with Gasteiger partial charge in [-0.2, -0.15) is 8.42 Å². The molecule has 2 aromatic carbocycles. The number of hydrogen-bond acceptors (Lipinski definition) is 16. The minimum atomic E-state index is -4.46. The molecular formula is C48H61ClN6O15S. The van der Waals surface area contributed by atoms with E-state index >= 15 is 0 Å². The van der Waals surface area contributed by atoms with Crippen molar-refractivity contribution in [3.05, 3.63) is 63.7 Å². The van der Waals surface area contributed by atoms with Gasteiger partial charge in [0.15, 0.2) is 0 Å².